The number of rotatable bonds is 8. The number of nitrogens with zero attached hydrogens (tertiary/aromatic N) is 1. The Bertz CT molecular complexity index is 246. The number of carbonyl (C=O) groups excluding carboxylic acids is 1. The monoisotopic (exact) mass is 269 g/mol. The van der Waals surface area contributed by atoms with Gasteiger partial charge in [0.2, 0.25) is 5.91 Å². The Morgan fingerprint density at radius 1 is 1.21 bits per heavy atom. The molecular weight excluding hydrogens is 238 g/mol. The van der Waals surface area contributed by atoms with Crippen LogP contribution >= 0.6 is 0 Å². The van der Waals surface area contributed by atoms with Crippen LogP contribution in [-0.4, -0.2) is 49.1 Å². The maximum Gasteiger partial charge on any atom is 0.234 e. The van der Waals surface area contributed by atoms with E-state index in [1.54, 1.807) is 0 Å². The molecule has 1 saturated heterocycles. The number of likely N-dealkylation sites (tertiary alicyclic amines) is 1. The van der Waals surface area contributed by atoms with Crippen molar-refractivity contribution in [3.63, 3.8) is 0 Å². The second-order valence-corrected chi connectivity index (χ2v) is 5.58. The van der Waals surface area contributed by atoms with Crippen LogP contribution in [0.3, 0.4) is 0 Å². The third kappa shape index (κ3) is 6.39. The summed E-state index contributed by atoms with van der Waals surface area (Å²) in [5.41, 5.74) is 0. The molecule has 0 aromatic rings. The zero-order valence-electron chi connectivity index (χ0n) is 12.9. The lowest BCUT2D eigenvalue weighted by Crippen LogP contribution is -2.47. The van der Waals surface area contributed by atoms with Crippen LogP contribution in [0, 0.1) is 0 Å². The van der Waals surface area contributed by atoms with Crippen molar-refractivity contribution < 1.29 is 4.79 Å². The van der Waals surface area contributed by atoms with E-state index in [0.717, 1.165) is 25.7 Å². The Balaban J connectivity index is 2.14. The van der Waals surface area contributed by atoms with Crippen LogP contribution < -0.4 is 10.6 Å². The highest BCUT2D eigenvalue weighted by molar-refractivity contribution is 5.78. The Morgan fingerprint density at radius 3 is 2.37 bits per heavy atom. The lowest BCUT2D eigenvalue weighted by molar-refractivity contribution is -0.121. The van der Waals surface area contributed by atoms with Crippen molar-refractivity contribution in [2.24, 2.45) is 0 Å². The van der Waals surface area contributed by atoms with Crippen molar-refractivity contribution in [2.45, 2.75) is 65.0 Å². The first-order chi connectivity index (χ1) is 9.19. The van der Waals surface area contributed by atoms with Crippen molar-refractivity contribution in [1.82, 2.24) is 15.5 Å². The molecule has 1 aliphatic heterocycles. The zero-order valence-corrected chi connectivity index (χ0v) is 12.9. The third-order valence-electron chi connectivity index (χ3n) is 4.03. The maximum atomic E-state index is 11.8. The summed E-state index contributed by atoms with van der Waals surface area (Å²) in [5, 5.41) is 6.47. The number of piperidine rings is 1. The highest BCUT2D eigenvalue weighted by Crippen LogP contribution is 2.10. The van der Waals surface area contributed by atoms with Gasteiger partial charge in [0.15, 0.2) is 0 Å². The smallest absolute Gasteiger partial charge is 0.234 e. The van der Waals surface area contributed by atoms with Gasteiger partial charge in [-0.3, -0.25) is 4.79 Å². The predicted octanol–water partition coefficient (Wildman–Crippen LogP) is 1.76. The minimum absolute atomic E-state index is 0.143. The zero-order chi connectivity index (χ0) is 14.1. The maximum absolute atomic E-state index is 11.8. The standard InChI is InChI=1S/C15H31N3O/c1-4-9-18-10-7-14(8-11-18)16-12-15(19)17-13(5-2)6-3/h13-14,16H,4-12H2,1-3H3,(H,17,19). The molecule has 0 atom stereocenters. The van der Waals surface area contributed by atoms with Crippen LogP contribution in [0.2, 0.25) is 0 Å². The molecule has 0 bridgehead atoms. The molecule has 1 fully saturated rings. The Kier molecular flexibility index (Phi) is 8.07. The molecule has 1 aliphatic rings. The number of hydrogen-bond donors (Lipinski definition) is 2. The third-order valence-corrected chi connectivity index (χ3v) is 4.03. The van der Waals surface area contributed by atoms with Crippen LogP contribution in [0.25, 0.3) is 0 Å². The van der Waals surface area contributed by atoms with E-state index in [1.165, 1.54) is 26.1 Å². The van der Waals surface area contributed by atoms with Gasteiger partial charge in [-0.2, -0.15) is 0 Å². The lowest BCUT2D eigenvalue weighted by Gasteiger charge is -2.32. The van der Waals surface area contributed by atoms with Crippen LogP contribution in [-0.2, 0) is 4.79 Å². The number of carbonyl (C=O) groups is 1. The molecule has 1 heterocycles. The van der Waals surface area contributed by atoms with E-state index in [9.17, 15) is 4.79 Å². The molecule has 0 saturated carbocycles. The summed E-state index contributed by atoms with van der Waals surface area (Å²) in [6, 6.07) is 0.848. The van der Waals surface area contributed by atoms with Crippen molar-refractivity contribution in [3.8, 4) is 0 Å². The molecular formula is C15H31N3O. The Morgan fingerprint density at radius 2 is 1.84 bits per heavy atom. The SMILES string of the molecule is CCCN1CCC(NCC(=O)NC(CC)CC)CC1. The topological polar surface area (TPSA) is 44.4 Å². The van der Waals surface area contributed by atoms with E-state index in [2.05, 4.69) is 36.3 Å². The van der Waals surface area contributed by atoms with Crippen LogP contribution in [0.15, 0.2) is 0 Å². The minimum atomic E-state index is 0.143. The van der Waals surface area contributed by atoms with E-state index in [4.69, 9.17) is 0 Å². The number of amides is 1. The quantitative estimate of drug-likeness (QED) is 0.706. The molecule has 0 aromatic heterocycles. The lowest BCUT2D eigenvalue weighted by atomic mass is 10.0. The first-order valence-electron chi connectivity index (χ1n) is 7.94. The molecule has 1 rings (SSSR count). The summed E-state index contributed by atoms with van der Waals surface area (Å²) in [4.78, 5) is 14.3. The van der Waals surface area contributed by atoms with Crippen molar-refractivity contribution in [3.05, 3.63) is 0 Å². The Labute approximate surface area is 118 Å². The fourth-order valence-electron chi connectivity index (χ4n) is 2.69. The fraction of sp³-hybridized carbons (Fsp3) is 0.933. The first-order valence-corrected chi connectivity index (χ1v) is 7.94. The average Bonchev–Trinajstić information content (AvgIpc) is 2.44. The fourth-order valence-corrected chi connectivity index (χ4v) is 2.69. The molecule has 0 spiro atoms. The molecule has 4 nitrogen and oxygen atoms in total. The summed E-state index contributed by atoms with van der Waals surface area (Å²) < 4.78 is 0. The molecule has 1 amide bonds. The molecule has 0 aliphatic carbocycles. The Hall–Kier alpha value is -0.610. The van der Waals surface area contributed by atoms with Crippen LogP contribution in [0.5, 0.6) is 0 Å². The van der Waals surface area contributed by atoms with Gasteiger partial charge in [0, 0.05) is 12.1 Å². The largest absolute Gasteiger partial charge is 0.352 e. The molecule has 0 aromatic carbocycles. The van der Waals surface area contributed by atoms with Crippen molar-refractivity contribution in [2.75, 3.05) is 26.2 Å². The summed E-state index contributed by atoms with van der Waals surface area (Å²) in [5.74, 6) is 0.143. The van der Waals surface area contributed by atoms with Gasteiger partial charge in [-0.15, -0.1) is 0 Å². The highest BCUT2D eigenvalue weighted by Gasteiger charge is 2.19. The normalized spacial score (nSPS) is 17.9. The summed E-state index contributed by atoms with van der Waals surface area (Å²) in [6.07, 6.45) is 5.59. The van der Waals surface area contributed by atoms with Gasteiger partial charge < -0.3 is 15.5 Å². The van der Waals surface area contributed by atoms with Gasteiger partial charge in [-0.1, -0.05) is 20.8 Å². The van der Waals surface area contributed by atoms with Gasteiger partial charge in [0.25, 0.3) is 0 Å². The molecule has 19 heavy (non-hydrogen) atoms. The molecule has 0 radical (unpaired) electrons. The summed E-state index contributed by atoms with van der Waals surface area (Å²) in [6.45, 7) is 10.5. The van der Waals surface area contributed by atoms with E-state index in [-0.39, 0.29) is 5.91 Å². The van der Waals surface area contributed by atoms with Gasteiger partial charge in [-0.05, 0) is 51.7 Å². The summed E-state index contributed by atoms with van der Waals surface area (Å²) in [7, 11) is 0. The van der Waals surface area contributed by atoms with E-state index in [1.807, 2.05) is 0 Å². The molecule has 2 N–H and O–H groups in total. The van der Waals surface area contributed by atoms with Gasteiger partial charge in [0.1, 0.15) is 0 Å². The van der Waals surface area contributed by atoms with Gasteiger partial charge in [0.05, 0.1) is 6.54 Å². The molecule has 112 valence electrons. The second kappa shape index (κ2) is 9.32. The highest BCUT2D eigenvalue weighted by atomic mass is 16.1. The summed E-state index contributed by atoms with van der Waals surface area (Å²) >= 11 is 0. The van der Waals surface area contributed by atoms with E-state index >= 15 is 0 Å². The number of hydrogen-bond acceptors (Lipinski definition) is 3. The molecule has 4 heteroatoms. The van der Waals surface area contributed by atoms with Crippen molar-refractivity contribution in [1.29, 1.82) is 0 Å². The average molecular weight is 269 g/mol. The first kappa shape index (κ1) is 16.4. The van der Waals surface area contributed by atoms with Crippen molar-refractivity contribution >= 4 is 5.91 Å². The van der Waals surface area contributed by atoms with E-state index < -0.39 is 0 Å². The minimum Gasteiger partial charge on any atom is -0.352 e. The van der Waals surface area contributed by atoms with E-state index in [0.29, 0.717) is 18.6 Å². The predicted molar refractivity (Wildman–Crippen MR) is 80.3 cm³/mol. The second-order valence-electron chi connectivity index (χ2n) is 5.58. The molecule has 0 unspecified atom stereocenters. The van der Waals surface area contributed by atoms with Gasteiger partial charge in [-0.25, -0.2) is 0 Å². The van der Waals surface area contributed by atoms with Crippen LogP contribution in [0.1, 0.15) is 52.9 Å². The van der Waals surface area contributed by atoms with Crippen LogP contribution in [0.4, 0.5) is 0 Å². The van der Waals surface area contributed by atoms with Gasteiger partial charge >= 0.3 is 0 Å². The number of nitrogens with one attached hydrogen (secondary N) is 2.